The molecule has 242 valence electrons. The molecule has 1 aromatic carbocycles. The zero-order chi connectivity index (χ0) is 33.2. The molecule has 0 spiro atoms. The summed E-state index contributed by atoms with van der Waals surface area (Å²) in [5, 5.41) is 10.5. The number of allylic oxidation sites excluding steroid dienone is 8. The fraction of sp³-hybridized carbons (Fsp3) is 0.500. The topological polar surface area (TPSA) is 79.2 Å². The first-order chi connectivity index (χ1) is 20.6. The van der Waals surface area contributed by atoms with Gasteiger partial charge in [0, 0.05) is 0 Å². The average molecular weight is 637 g/mol. The van der Waals surface area contributed by atoms with Gasteiger partial charge in [0.2, 0.25) is 10.0 Å². The molecule has 2 rings (SSSR count). The first kappa shape index (κ1) is 37.0. The molecule has 1 N–H and O–H groups in total. The van der Waals surface area contributed by atoms with Gasteiger partial charge in [0.1, 0.15) is 6.07 Å². The smallest absolute Gasteiger partial charge is 0.257 e. The minimum atomic E-state index is -4.27. The monoisotopic (exact) mass is 636 g/mol. The molecule has 0 bridgehead atoms. The number of nitrogens with one attached hydrogen (secondary N) is 1. The van der Waals surface area contributed by atoms with Crippen LogP contribution in [0, 0.1) is 41.8 Å². The van der Waals surface area contributed by atoms with Crippen molar-refractivity contribution in [1.29, 1.82) is 5.26 Å². The summed E-state index contributed by atoms with van der Waals surface area (Å²) in [6.07, 6.45) is 6.47. The molecule has 0 aromatic heterocycles. The van der Waals surface area contributed by atoms with Crippen molar-refractivity contribution in [2.24, 2.45) is 17.8 Å². The third-order valence-electron chi connectivity index (χ3n) is 7.53. The summed E-state index contributed by atoms with van der Waals surface area (Å²) in [7, 11) is -4.27. The van der Waals surface area contributed by atoms with E-state index in [1.807, 2.05) is 11.6 Å². The van der Waals surface area contributed by atoms with E-state index in [1.165, 1.54) is 30.4 Å². The SMILES string of the molecule is CC=CC(F)Oc1cc(C)c(C(C#N)=C(CC(CC)CC(C)C)C2=CC=C(S(=O)(=O)NC(C)C(F)F)C=CCC2C)cc1F. The predicted octanol–water partition coefficient (Wildman–Crippen LogP) is 9.10. The van der Waals surface area contributed by atoms with Crippen LogP contribution in [-0.4, -0.2) is 27.2 Å². The van der Waals surface area contributed by atoms with Crippen LogP contribution in [0.25, 0.3) is 5.57 Å². The van der Waals surface area contributed by atoms with Crippen LogP contribution in [0.4, 0.5) is 17.6 Å². The highest BCUT2D eigenvalue weighted by Crippen LogP contribution is 2.39. The lowest BCUT2D eigenvalue weighted by molar-refractivity contribution is 0.108. The van der Waals surface area contributed by atoms with E-state index in [0.29, 0.717) is 41.0 Å². The number of alkyl halides is 3. The Morgan fingerprint density at radius 3 is 2.45 bits per heavy atom. The van der Waals surface area contributed by atoms with Crippen LogP contribution in [-0.2, 0) is 10.0 Å². The van der Waals surface area contributed by atoms with E-state index in [1.54, 1.807) is 26.0 Å². The van der Waals surface area contributed by atoms with Gasteiger partial charge in [0.25, 0.3) is 12.8 Å². The number of nitrogens with zero attached hydrogens (tertiary/aromatic N) is 1. The van der Waals surface area contributed by atoms with Crippen LogP contribution in [0.15, 0.2) is 64.6 Å². The summed E-state index contributed by atoms with van der Waals surface area (Å²) in [5.74, 6) is -0.720. The number of sulfonamides is 1. The summed E-state index contributed by atoms with van der Waals surface area (Å²) >= 11 is 0. The molecule has 0 saturated carbocycles. The maximum Gasteiger partial charge on any atom is 0.257 e. The van der Waals surface area contributed by atoms with Gasteiger partial charge in [-0.25, -0.2) is 26.3 Å². The van der Waals surface area contributed by atoms with Gasteiger partial charge in [-0.2, -0.15) is 9.65 Å². The first-order valence-electron chi connectivity index (χ1n) is 14.9. The molecule has 0 radical (unpaired) electrons. The molecule has 0 heterocycles. The van der Waals surface area contributed by atoms with Crippen molar-refractivity contribution < 1.29 is 30.7 Å². The second-order valence-corrected chi connectivity index (χ2v) is 13.4. The predicted molar refractivity (Wildman–Crippen MR) is 168 cm³/mol. The highest BCUT2D eigenvalue weighted by Gasteiger charge is 2.27. The van der Waals surface area contributed by atoms with E-state index in [2.05, 4.69) is 26.8 Å². The number of aryl methyl sites for hydroxylation is 1. The molecule has 10 heteroatoms. The zero-order valence-electron chi connectivity index (χ0n) is 26.5. The summed E-state index contributed by atoms with van der Waals surface area (Å²) in [6.45, 7) is 12.6. The van der Waals surface area contributed by atoms with Crippen LogP contribution in [0.2, 0.25) is 0 Å². The lowest BCUT2D eigenvalue weighted by Crippen LogP contribution is -2.37. The lowest BCUT2D eigenvalue weighted by atomic mass is 9.78. The van der Waals surface area contributed by atoms with Crippen molar-refractivity contribution in [3.05, 3.63) is 81.6 Å². The van der Waals surface area contributed by atoms with E-state index < -0.39 is 34.7 Å². The molecule has 4 unspecified atom stereocenters. The molecule has 1 aliphatic rings. The summed E-state index contributed by atoms with van der Waals surface area (Å²) in [6, 6.07) is 3.23. The van der Waals surface area contributed by atoms with Gasteiger partial charge in [-0.1, -0.05) is 52.3 Å². The summed E-state index contributed by atoms with van der Waals surface area (Å²) < 4.78 is 88.7. The Bertz CT molecular complexity index is 1450. The fourth-order valence-electron chi connectivity index (χ4n) is 5.18. The highest BCUT2D eigenvalue weighted by molar-refractivity contribution is 7.93. The number of benzene rings is 1. The van der Waals surface area contributed by atoms with Crippen LogP contribution in [0.3, 0.4) is 0 Å². The number of halogens is 4. The van der Waals surface area contributed by atoms with Crippen LogP contribution in [0.5, 0.6) is 5.75 Å². The van der Waals surface area contributed by atoms with Gasteiger partial charge in [-0.15, -0.1) is 0 Å². The Hall–Kier alpha value is -3.16. The second-order valence-electron chi connectivity index (χ2n) is 11.6. The maximum absolute atomic E-state index is 15.3. The Morgan fingerprint density at radius 1 is 1.20 bits per heavy atom. The van der Waals surface area contributed by atoms with E-state index in [4.69, 9.17) is 4.74 Å². The van der Waals surface area contributed by atoms with E-state index >= 15 is 4.39 Å². The van der Waals surface area contributed by atoms with Crippen molar-refractivity contribution >= 4 is 15.6 Å². The Labute approximate surface area is 260 Å². The average Bonchev–Trinajstić information content (AvgIpc) is 2.92. The lowest BCUT2D eigenvalue weighted by Gasteiger charge is -2.26. The molecule has 5 nitrogen and oxygen atoms in total. The molecule has 1 aromatic rings. The fourth-order valence-corrected chi connectivity index (χ4v) is 6.43. The van der Waals surface area contributed by atoms with Crippen molar-refractivity contribution in [3.63, 3.8) is 0 Å². The maximum atomic E-state index is 15.3. The molecule has 1 aliphatic carbocycles. The van der Waals surface area contributed by atoms with Crippen LogP contribution >= 0.6 is 0 Å². The first-order valence-corrected chi connectivity index (χ1v) is 16.4. The molecule has 0 fully saturated rings. The molecular formula is C34H44F4N2O3S. The highest BCUT2D eigenvalue weighted by atomic mass is 32.2. The molecule has 0 amide bonds. The number of hydrogen-bond donors (Lipinski definition) is 1. The largest absolute Gasteiger partial charge is 0.454 e. The van der Waals surface area contributed by atoms with Gasteiger partial charge in [0.05, 0.1) is 16.5 Å². The zero-order valence-corrected chi connectivity index (χ0v) is 27.3. The van der Waals surface area contributed by atoms with Gasteiger partial charge >= 0.3 is 0 Å². The number of hydrogen-bond acceptors (Lipinski definition) is 4. The van der Waals surface area contributed by atoms with Gasteiger partial charge < -0.3 is 4.74 Å². The Balaban J connectivity index is 2.82. The molecule has 4 atom stereocenters. The van der Waals surface area contributed by atoms with E-state index in [-0.39, 0.29) is 28.1 Å². The van der Waals surface area contributed by atoms with Crippen molar-refractivity contribution in [2.75, 3.05) is 0 Å². The normalized spacial score (nSPS) is 18.7. The van der Waals surface area contributed by atoms with Gasteiger partial charge in [-0.3, -0.25) is 0 Å². The van der Waals surface area contributed by atoms with Gasteiger partial charge in [-0.05, 0) is 110 Å². The molecule has 44 heavy (non-hydrogen) atoms. The standard InChI is InChI=1S/C34H44F4N2O3S/c1-8-11-33(36)43-32-17-23(6)28(19-31(32)35)30(20-39)29(18-25(9-2)16-21(3)4)27-15-14-26(13-10-12-22(27)5)44(41,42)40-24(7)34(37)38/h8,10-11,13-15,17,19,21-22,24-25,33-34,40H,9,12,16,18H2,1-7H3. The van der Waals surface area contributed by atoms with Crippen LogP contribution < -0.4 is 9.46 Å². The Kier molecular flexibility index (Phi) is 14.1. The second kappa shape index (κ2) is 16.8. The minimum Gasteiger partial charge on any atom is -0.454 e. The molecule has 0 saturated heterocycles. The van der Waals surface area contributed by atoms with Crippen molar-refractivity contribution in [3.8, 4) is 11.8 Å². The Morgan fingerprint density at radius 2 is 1.89 bits per heavy atom. The van der Waals surface area contributed by atoms with Crippen molar-refractivity contribution in [2.45, 2.75) is 93.0 Å². The number of ether oxygens (including phenoxy) is 1. The molecule has 0 aliphatic heterocycles. The summed E-state index contributed by atoms with van der Waals surface area (Å²) in [4.78, 5) is -0.188. The number of nitriles is 1. The number of rotatable bonds is 14. The minimum absolute atomic E-state index is 0.157. The molecular weight excluding hydrogens is 592 g/mol. The van der Waals surface area contributed by atoms with E-state index in [9.17, 15) is 26.9 Å². The van der Waals surface area contributed by atoms with E-state index in [0.717, 1.165) is 25.8 Å². The van der Waals surface area contributed by atoms with Gasteiger partial charge in [0.15, 0.2) is 11.6 Å². The third-order valence-corrected chi connectivity index (χ3v) is 9.10. The summed E-state index contributed by atoms with van der Waals surface area (Å²) in [5.41, 5.74) is 2.40. The van der Waals surface area contributed by atoms with Crippen molar-refractivity contribution in [1.82, 2.24) is 4.72 Å². The van der Waals surface area contributed by atoms with Crippen LogP contribution in [0.1, 0.15) is 78.4 Å². The quantitative estimate of drug-likeness (QED) is 0.126. The third kappa shape index (κ3) is 10.2.